The van der Waals surface area contributed by atoms with Gasteiger partial charge in [-0.3, -0.25) is 14.6 Å². The molecule has 1 heterocycles. The van der Waals surface area contributed by atoms with Crippen molar-refractivity contribution in [3.63, 3.8) is 0 Å². The Hall–Kier alpha value is -2.21. The summed E-state index contributed by atoms with van der Waals surface area (Å²) in [5.74, 6) is -0.795. The molecule has 1 fully saturated rings. The molecule has 1 N–H and O–H groups in total. The molecule has 5 heteroatoms. The van der Waals surface area contributed by atoms with Gasteiger partial charge in [0.1, 0.15) is 6.04 Å². The number of ether oxygens (including phenoxy) is 1. The molecule has 1 atom stereocenters. The highest BCUT2D eigenvalue weighted by Crippen LogP contribution is 2.24. The summed E-state index contributed by atoms with van der Waals surface area (Å²) < 4.78 is 5.18. The number of carboxylic acids is 1. The summed E-state index contributed by atoms with van der Waals surface area (Å²) in [6.07, 6.45) is 0. The molecule has 0 radical (unpaired) electrons. The lowest BCUT2D eigenvalue weighted by Crippen LogP contribution is -2.48. The number of benzene rings is 2. The fraction of sp³-hybridized carbons (Fsp3) is 0.409. The summed E-state index contributed by atoms with van der Waals surface area (Å²) >= 11 is 0. The molecule has 144 valence electrons. The van der Waals surface area contributed by atoms with Gasteiger partial charge in [0.15, 0.2) is 0 Å². The Bertz CT molecular complexity index is 770. The van der Waals surface area contributed by atoms with Crippen molar-refractivity contribution in [1.82, 2.24) is 9.80 Å². The van der Waals surface area contributed by atoms with Gasteiger partial charge >= 0.3 is 5.97 Å². The van der Waals surface area contributed by atoms with Crippen molar-refractivity contribution in [3.05, 3.63) is 70.8 Å². The Morgan fingerprint density at radius 2 is 1.85 bits per heavy atom. The number of aryl methyl sites for hydroxylation is 1. The predicted molar refractivity (Wildman–Crippen MR) is 106 cm³/mol. The van der Waals surface area contributed by atoms with E-state index in [1.807, 2.05) is 24.3 Å². The zero-order chi connectivity index (χ0) is 19.2. The molecule has 0 aromatic heterocycles. The maximum atomic E-state index is 12.0. The number of carboxylic acid groups (broad SMARTS) is 1. The number of methoxy groups -OCH3 is 1. The third-order valence-electron chi connectivity index (χ3n) is 5.24. The van der Waals surface area contributed by atoms with E-state index in [0.29, 0.717) is 6.61 Å². The highest BCUT2D eigenvalue weighted by atomic mass is 16.5. The van der Waals surface area contributed by atoms with E-state index in [1.165, 1.54) is 11.1 Å². The highest BCUT2D eigenvalue weighted by molar-refractivity contribution is 5.75. The first kappa shape index (κ1) is 19.5. The Morgan fingerprint density at radius 1 is 1.11 bits per heavy atom. The second-order valence-corrected chi connectivity index (χ2v) is 7.16. The monoisotopic (exact) mass is 368 g/mol. The summed E-state index contributed by atoms with van der Waals surface area (Å²) in [7, 11) is 1.65. The van der Waals surface area contributed by atoms with Crippen molar-refractivity contribution in [1.29, 1.82) is 0 Å². The first-order valence-electron chi connectivity index (χ1n) is 9.40. The fourth-order valence-corrected chi connectivity index (χ4v) is 3.74. The molecule has 0 bridgehead atoms. The second kappa shape index (κ2) is 9.13. The zero-order valence-corrected chi connectivity index (χ0v) is 16.1. The Morgan fingerprint density at radius 3 is 2.52 bits per heavy atom. The van der Waals surface area contributed by atoms with Crippen molar-refractivity contribution >= 4 is 5.97 Å². The SMILES string of the molecule is COCc1cccc(C(C(=O)O)N2CCN(Cc3ccccc3C)CC2)c1. The number of piperazine rings is 1. The zero-order valence-electron chi connectivity index (χ0n) is 16.1. The third kappa shape index (κ3) is 4.95. The van der Waals surface area contributed by atoms with E-state index in [9.17, 15) is 9.90 Å². The summed E-state index contributed by atoms with van der Waals surface area (Å²) in [5.41, 5.74) is 4.47. The molecule has 27 heavy (non-hydrogen) atoms. The van der Waals surface area contributed by atoms with Crippen LogP contribution in [0.25, 0.3) is 0 Å². The van der Waals surface area contributed by atoms with Crippen LogP contribution in [-0.4, -0.2) is 54.2 Å². The largest absolute Gasteiger partial charge is 0.480 e. The lowest BCUT2D eigenvalue weighted by atomic mass is 10.0. The van der Waals surface area contributed by atoms with Crippen LogP contribution in [0, 0.1) is 6.92 Å². The van der Waals surface area contributed by atoms with E-state index in [4.69, 9.17) is 4.74 Å². The van der Waals surface area contributed by atoms with Gasteiger partial charge in [0.25, 0.3) is 0 Å². The average Bonchev–Trinajstić information content (AvgIpc) is 2.66. The molecule has 5 nitrogen and oxygen atoms in total. The number of hydrogen-bond acceptors (Lipinski definition) is 4. The van der Waals surface area contributed by atoms with Crippen LogP contribution in [0.2, 0.25) is 0 Å². The Labute approximate surface area is 161 Å². The van der Waals surface area contributed by atoms with Crippen LogP contribution in [0.15, 0.2) is 48.5 Å². The maximum absolute atomic E-state index is 12.0. The van der Waals surface area contributed by atoms with Gasteiger partial charge in [-0.15, -0.1) is 0 Å². The van der Waals surface area contributed by atoms with Gasteiger partial charge in [-0.1, -0.05) is 48.5 Å². The van der Waals surface area contributed by atoms with E-state index in [-0.39, 0.29) is 0 Å². The van der Waals surface area contributed by atoms with Crippen LogP contribution in [0.4, 0.5) is 0 Å². The van der Waals surface area contributed by atoms with Crippen LogP contribution in [0.5, 0.6) is 0 Å². The number of hydrogen-bond donors (Lipinski definition) is 1. The minimum absolute atomic E-state index is 0.490. The summed E-state index contributed by atoms with van der Waals surface area (Å²) in [5, 5.41) is 9.85. The molecule has 3 rings (SSSR count). The summed E-state index contributed by atoms with van der Waals surface area (Å²) in [6.45, 7) is 6.78. The molecule has 0 amide bonds. The smallest absolute Gasteiger partial charge is 0.325 e. The van der Waals surface area contributed by atoms with E-state index >= 15 is 0 Å². The van der Waals surface area contributed by atoms with Crippen LogP contribution in [-0.2, 0) is 22.7 Å². The van der Waals surface area contributed by atoms with Gasteiger partial charge in [-0.25, -0.2) is 0 Å². The van der Waals surface area contributed by atoms with Crippen molar-refractivity contribution in [2.45, 2.75) is 26.1 Å². The molecular weight excluding hydrogens is 340 g/mol. The van der Waals surface area contributed by atoms with Crippen LogP contribution in [0.1, 0.15) is 28.3 Å². The quantitative estimate of drug-likeness (QED) is 0.814. The van der Waals surface area contributed by atoms with Gasteiger partial charge in [-0.2, -0.15) is 0 Å². The van der Waals surface area contributed by atoms with Gasteiger partial charge in [0.05, 0.1) is 6.61 Å². The molecule has 2 aromatic rings. The molecule has 2 aromatic carbocycles. The molecule has 1 aliphatic heterocycles. The lowest BCUT2D eigenvalue weighted by Gasteiger charge is -2.38. The first-order valence-corrected chi connectivity index (χ1v) is 9.40. The predicted octanol–water partition coefficient (Wildman–Crippen LogP) is 3.08. The minimum Gasteiger partial charge on any atom is -0.480 e. The highest BCUT2D eigenvalue weighted by Gasteiger charge is 2.30. The van der Waals surface area contributed by atoms with Gasteiger partial charge < -0.3 is 9.84 Å². The molecule has 1 aliphatic rings. The van der Waals surface area contributed by atoms with Gasteiger partial charge in [-0.05, 0) is 29.2 Å². The summed E-state index contributed by atoms with van der Waals surface area (Å²) in [4.78, 5) is 16.5. The van der Waals surface area contributed by atoms with Crippen LogP contribution < -0.4 is 0 Å². The Kier molecular flexibility index (Phi) is 6.61. The second-order valence-electron chi connectivity index (χ2n) is 7.16. The molecule has 1 saturated heterocycles. The molecule has 0 aliphatic carbocycles. The minimum atomic E-state index is -0.795. The van der Waals surface area contributed by atoms with Gasteiger partial charge in [0, 0.05) is 39.8 Å². The maximum Gasteiger partial charge on any atom is 0.325 e. The van der Waals surface area contributed by atoms with Crippen molar-refractivity contribution in [3.8, 4) is 0 Å². The van der Waals surface area contributed by atoms with E-state index in [1.54, 1.807) is 7.11 Å². The number of carbonyl (C=O) groups is 1. The topological polar surface area (TPSA) is 53.0 Å². The van der Waals surface area contributed by atoms with E-state index < -0.39 is 12.0 Å². The van der Waals surface area contributed by atoms with Crippen molar-refractivity contribution < 1.29 is 14.6 Å². The standard InChI is InChI=1S/C22H28N2O3/c1-17-6-3-4-8-20(17)15-23-10-12-24(13-11-23)21(22(25)26)19-9-5-7-18(14-19)16-27-2/h3-9,14,21H,10-13,15-16H2,1-2H3,(H,25,26). The van der Waals surface area contributed by atoms with Crippen LogP contribution in [0.3, 0.4) is 0 Å². The van der Waals surface area contributed by atoms with Crippen LogP contribution >= 0.6 is 0 Å². The number of aliphatic carboxylic acids is 1. The lowest BCUT2D eigenvalue weighted by molar-refractivity contribution is -0.144. The number of rotatable bonds is 7. The van der Waals surface area contributed by atoms with E-state index in [0.717, 1.165) is 43.9 Å². The normalized spacial score (nSPS) is 17.0. The van der Waals surface area contributed by atoms with Crippen molar-refractivity contribution in [2.75, 3.05) is 33.3 Å². The fourth-order valence-electron chi connectivity index (χ4n) is 3.74. The van der Waals surface area contributed by atoms with Gasteiger partial charge in [0.2, 0.25) is 0 Å². The molecule has 0 spiro atoms. The third-order valence-corrected chi connectivity index (χ3v) is 5.24. The molecular formula is C22H28N2O3. The van der Waals surface area contributed by atoms with Crippen molar-refractivity contribution in [2.24, 2.45) is 0 Å². The molecule has 1 unspecified atom stereocenters. The summed E-state index contributed by atoms with van der Waals surface area (Å²) in [6, 6.07) is 15.6. The molecule has 0 saturated carbocycles. The average molecular weight is 368 g/mol. The van der Waals surface area contributed by atoms with E-state index in [2.05, 4.69) is 41.0 Å². The number of nitrogens with zero attached hydrogens (tertiary/aromatic N) is 2. The Balaban J connectivity index is 1.66. The first-order chi connectivity index (χ1) is 13.1.